The Labute approximate surface area is 223 Å². The van der Waals surface area contributed by atoms with Crippen LogP contribution in [0.4, 0.5) is 5.69 Å². The highest BCUT2D eigenvalue weighted by molar-refractivity contribution is 5.57. The number of ether oxygens (including phenoxy) is 2. The summed E-state index contributed by atoms with van der Waals surface area (Å²) >= 11 is 0. The summed E-state index contributed by atoms with van der Waals surface area (Å²) < 4.78 is 11.5. The van der Waals surface area contributed by atoms with E-state index < -0.39 is 0 Å². The highest BCUT2D eigenvalue weighted by Crippen LogP contribution is 2.39. The molecule has 1 saturated heterocycles. The zero-order chi connectivity index (χ0) is 25.5. The van der Waals surface area contributed by atoms with Crippen molar-refractivity contribution in [3.63, 3.8) is 0 Å². The summed E-state index contributed by atoms with van der Waals surface area (Å²) in [6.45, 7) is 7.29. The van der Waals surface area contributed by atoms with Gasteiger partial charge in [0.25, 0.3) is 0 Å². The van der Waals surface area contributed by atoms with E-state index in [0.29, 0.717) is 5.92 Å². The molecule has 4 heteroatoms. The number of fused-ring (bicyclic) bond motifs is 1. The fourth-order valence-electron chi connectivity index (χ4n) is 6.03. The number of nitrogens with zero attached hydrogens (tertiary/aromatic N) is 1. The third-order valence-electron chi connectivity index (χ3n) is 8.16. The van der Waals surface area contributed by atoms with Gasteiger partial charge in [0.05, 0.1) is 7.11 Å². The van der Waals surface area contributed by atoms with E-state index in [1.165, 1.54) is 78.7 Å². The molecule has 0 aromatic heterocycles. The van der Waals surface area contributed by atoms with Gasteiger partial charge in [-0.25, -0.2) is 0 Å². The highest BCUT2D eigenvalue weighted by Gasteiger charge is 2.24. The van der Waals surface area contributed by atoms with E-state index in [2.05, 4.69) is 77.8 Å². The van der Waals surface area contributed by atoms with Gasteiger partial charge in [0, 0.05) is 18.8 Å². The molecular formula is C33H42N2O2. The average Bonchev–Trinajstić information content (AvgIpc) is 3.21. The number of hydrogen-bond acceptors (Lipinski definition) is 4. The molecule has 5 rings (SSSR count). The Hall–Kier alpha value is -2.98. The highest BCUT2D eigenvalue weighted by atomic mass is 16.5. The largest absolute Gasteiger partial charge is 0.497 e. The summed E-state index contributed by atoms with van der Waals surface area (Å²) in [5.74, 6) is 2.46. The lowest BCUT2D eigenvalue weighted by Gasteiger charge is -2.28. The quantitative estimate of drug-likeness (QED) is 0.340. The summed E-state index contributed by atoms with van der Waals surface area (Å²) in [6, 6.07) is 21.8. The van der Waals surface area contributed by atoms with Crippen LogP contribution in [0.15, 0.2) is 60.7 Å². The number of benzene rings is 3. The zero-order valence-corrected chi connectivity index (χ0v) is 22.6. The lowest BCUT2D eigenvalue weighted by atomic mass is 9.78. The molecule has 1 fully saturated rings. The van der Waals surface area contributed by atoms with Crippen molar-refractivity contribution in [1.29, 1.82) is 0 Å². The van der Waals surface area contributed by atoms with Crippen LogP contribution < -0.4 is 14.8 Å². The first-order valence-corrected chi connectivity index (χ1v) is 14.1. The third-order valence-corrected chi connectivity index (χ3v) is 8.16. The Bertz CT molecular complexity index is 1150. The fourth-order valence-corrected chi connectivity index (χ4v) is 6.03. The standard InChI is InChI=1S/C33H42N2O2/c1-25-8-7-9-32(33(25)29-13-12-28-23-31(36-2)17-14-27(28)22-29)34-24-26-10-15-30(16-11-26)37-21-20-35-18-5-3-4-6-19-35/h7-11,14-17,23,29,34H,3-6,12-13,18-22,24H2,1-2H3. The van der Waals surface area contributed by atoms with Gasteiger partial charge >= 0.3 is 0 Å². The minimum Gasteiger partial charge on any atom is -0.497 e. The third kappa shape index (κ3) is 6.67. The lowest BCUT2D eigenvalue weighted by Crippen LogP contribution is -2.29. The van der Waals surface area contributed by atoms with E-state index in [4.69, 9.17) is 9.47 Å². The van der Waals surface area contributed by atoms with Crippen LogP contribution in [0.3, 0.4) is 0 Å². The van der Waals surface area contributed by atoms with Gasteiger partial charge in [-0.3, -0.25) is 4.90 Å². The average molecular weight is 499 g/mol. The van der Waals surface area contributed by atoms with Crippen LogP contribution in [0.1, 0.15) is 65.8 Å². The van der Waals surface area contributed by atoms with Crippen LogP contribution in [0.5, 0.6) is 11.5 Å². The normalized spacial score (nSPS) is 18.1. The molecule has 0 amide bonds. The maximum absolute atomic E-state index is 6.05. The van der Waals surface area contributed by atoms with Gasteiger partial charge in [0.1, 0.15) is 18.1 Å². The Morgan fingerprint density at radius 1 is 0.892 bits per heavy atom. The van der Waals surface area contributed by atoms with E-state index in [0.717, 1.165) is 44.0 Å². The first-order chi connectivity index (χ1) is 18.2. The number of rotatable bonds is 9. The van der Waals surface area contributed by atoms with Crippen molar-refractivity contribution in [3.05, 3.63) is 88.5 Å². The molecule has 1 unspecified atom stereocenters. The molecule has 196 valence electrons. The Morgan fingerprint density at radius 3 is 2.46 bits per heavy atom. The van der Waals surface area contributed by atoms with Crippen molar-refractivity contribution in [2.75, 3.05) is 38.7 Å². The Kier molecular flexibility index (Phi) is 8.68. The molecule has 1 heterocycles. The molecule has 0 saturated carbocycles. The van der Waals surface area contributed by atoms with Gasteiger partial charge in [-0.05, 0) is 116 Å². The zero-order valence-electron chi connectivity index (χ0n) is 22.6. The van der Waals surface area contributed by atoms with Crippen LogP contribution in [0.2, 0.25) is 0 Å². The van der Waals surface area contributed by atoms with Crippen LogP contribution in [0, 0.1) is 6.92 Å². The van der Waals surface area contributed by atoms with Crippen LogP contribution in [0.25, 0.3) is 0 Å². The molecule has 1 aliphatic heterocycles. The van der Waals surface area contributed by atoms with Crippen molar-refractivity contribution in [2.45, 2.75) is 64.3 Å². The van der Waals surface area contributed by atoms with Crippen molar-refractivity contribution < 1.29 is 9.47 Å². The molecule has 2 aliphatic rings. The monoisotopic (exact) mass is 498 g/mol. The first-order valence-electron chi connectivity index (χ1n) is 14.1. The fraction of sp³-hybridized carbons (Fsp3) is 0.455. The number of methoxy groups -OCH3 is 1. The van der Waals surface area contributed by atoms with Gasteiger partial charge in [-0.15, -0.1) is 0 Å². The lowest BCUT2D eigenvalue weighted by molar-refractivity contribution is 0.214. The second-order valence-corrected chi connectivity index (χ2v) is 10.7. The Morgan fingerprint density at radius 2 is 1.68 bits per heavy atom. The maximum atomic E-state index is 6.05. The summed E-state index contributed by atoms with van der Waals surface area (Å²) in [4.78, 5) is 2.55. The van der Waals surface area contributed by atoms with E-state index in [1.807, 2.05) is 0 Å². The summed E-state index contributed by atoms with van der Waals surface area (Å²) in [5.41, 5.74) is 8.27. The van der Waals surface area contributed by atoms with Gasteiger partial charge in [-0.1, -0.05) is 43.2 Å². The van der Waals surface area contributed by atoms with Crippen LogP contribution in [-0.4, -0.2) is 38.3 Å². The van der Waals surface area contributed by atoms with Gasteiger partial charge in [-0.2, -0.15) is 0 Å². The van der Waals surface area contributed by atoms with Crippen LogP contribution in [-0.2, 0) is 19.4 Å². The number of likely N-dealkylation sites (tertiary alicyclic amines) is 1. The van der Waals surface area contributed by atoms with Crippen molar-refractivity contribution in [2.24, 2.45) is 0 Å². The maximum Gasteiger partial charge on any atom is 0.119 e. The molecule has 3 aromatic rings. The predicted octanol–water partition coefficient (Wildman–Crippen LogP) is 7.14. The molecule has 4 nitrogen and oxygen atoms in total. The molecule has 1 N–H and O–H groups in total. The molecule has 0 bridgehead atoms. The smallest absolute Gasteiger partial charge is 0.119 e. The van der Waals surface area contributed by atoms with E-state index in [-0.39, 0.29) is 0 Å². The molecule has 1 aliphatic carbocycles. The predicted molar refractivity (Wildman–Crippen MR) is 153 cm³/mol. The van der Waals surface area contributed by atoms with Gasteiger partial charge in [0.15, 0.2) is 0 Å². The van der Waals surface area contributed by atoms with Crippen molar-refractivity contribution in [1.82, 2.24) is 4.90 Å². The van der Waals surface area contributed by atoms with Crippen molar-refractivity contribution >= 4 is 5.69 Å². The number of anilines is 1. The second kappa shape index (κ2) is 12.5. The van der Waals surface area contributed by atoms with Crippen LogP contribution >= 0.6 is 0 Å². The molecule has 1 atom stereocenters. The minimum atomic E-state index is 0.532. The molecule has 0 spiro atoms. The number of aryl methyl sites for hydroxylation is 2. The van der Waals surface area contributed by atoms with Gasteiger partial charge < -0.3 is 14.8 Å². The summed E-state index contributed by atoms with van der Waals surface area (Å²) in [6.07, 6.45) is 8.76. The summed E-state index contributed by atoms with van der Waals surface area (Å²) in [5, 5.41) is 3.75. The molecule has 0 radical (unpaired) electrons. The van der Waals surface area contributed by atoms with E-state index in [9.17, 15) is 0 Å². The van der Waals surface area contributed by atoms with E-state index >= 15 is 0 Å². The number of nitrogens with one attached hydrogen (secondary N) is 1. The summed E-state index contributed by atoms with van der Waals surface area (Å²) in [7, 11) is 1.75. The SMILES string of the molecule is COc1ccc2c(c1)CCC(c1c(C)cccc1NCc1ccc(OCCN3CCCCCC3)cc1)C2. The molecule has 3 aromatic carbocycles. The molecule has 37 heavy (non-hydrogen) atoms. The topological polar surface area (TPSA) is 33.7 Å². The van der Waals surface area contributed by atoms with E-state index in [1.54, 1.807) is 7.11 Å². The minimum absolute atomic E-state index is 0.532. The van der Waals surface area contributed by atoms with Gasteiger partial charge in [0.2, 0.25) is 0 Å². The first kappa shape index (κ1) is 25.7. The Balaban J connectivity index is 1.17. The number of hydrogen-bond donors (Lipinski definition) is 1. The molecular weight excluding hydrogens is 456 g/mol. The second-order valence-electron chi connectivity index (χ2n) is 10.7. The van der Waals surface area contributed by atoms with Crippen molar-refractivity contribution in [3.8, 4) is 11.5 Å².